The molecule has 36 heavy (non-hydrogen) atoms. The number of halogens is 1. The molecule has 3 aromatic carbocycles. The van der Waals surface area contributed by atoms with Gasteiger partial charge in [-0.05, 0) is 86.6 Å². The van der Waals surface area contributed by atoms with Gasteiger partial charge in [0.15, 0.2) is 0 Å². The van der Waals surface area contributed by atoms with Crippen LogP contribution in [0.25, 0.3) is 11.1 Å². The van der Waals surface area contributed by atoms with Crippen molar-refractivity contribution in [3.8, 4) is 11.1 Å². The van der Waals surface area contributed by atoms with Crippen LogP contribution in [0.5, 0.6) is 0 Å². The van der Waals surface area contributed by atoms with Crippen molar-refractivity contribution >= 4 is 17.6 Å². The number of aliphatic hydroxyl groups is 1. The van der Waals surface area contributed by atoms with Crippen LogP contribution in [-0.4, -0.2) is 41.0 Å². The van der Waals surface area contributed by atoms with Crippen molar-refractivity contribution in [2.75, 3.05) is 13.2 Å². The molecule has 192 valence electrons. The third-order valence-electron chi connectivity index (χ3n) is 6.39. The fourth-order valence-corrected chi connectivity index (χ4v) is 4.49. The van der Waals surface area contributed by atoms with Gasteiger partial charge in [0.1, 0.15) is 0 Å². The van der Waals surface area contributed by atoms with Crippen LogP contribution in [0.1, 0.15) is 59.5 Å². The Morgan fingerprint density at radius 2 is 1.78 bits per heavy atom. The average Bonchev–Trinajstić information content (AvgIpc) is 2.83. The molecule has 0 amide bonds. The molecule has 2 unspecified atom stereocenters. The van der Waals surface area contributed by atoms with E-state index in [2.05, 4.69) is 25.2 Å². The van der Waals surface area contributed by atoms with E-state index in [-0.39, 0.29) is 18.2 Å². The predicted molar refractivity (Wildman–Crippen MR) is 146 cm³/mol. The Balaban J connectivity index is 1.59. The predicted octanol–water partition coefficient (Wildman–Crippen LogP) is 6.37. The molecular formula is C30H36ClNO4. The Hall–Kier alpha value is -2.70. The first-order valence-corrected chi connectivity index (χ1v) is 12.6. The van der Waals surface area contributed by atoms with Gasteiger partial charge < -0.3 is 20.3 Å². The number of β-amino-alcohol motifs (C(OH)–C–C–N with tert-alkyl or cyclic N) is 1. The second-order valence-electron chi connectivity index (χ2n) is 10.1. The molecule has 0 radical (unpaired) electrons. The Bertz CT molecular complexity index is 1210. The zero-order valence-corrected chi connectivity index (χ0v) is 22.4. The van der Waals surface area contributed by atoms with Gasteiger partial charge in [-0.15, -0.1) is 0 Å². The highest BCUT2D eigenvalue weighted by Gasteiger charge is 2.21. The number of aliphatic hydroxyl groups excluding tert-OH is 1. The molecule has 0 aliphatic heterocycles. The number of carboxylic acid groups (broad SMARTS) is 1. The van der Waals surface area contributed by atoms with Gasteiger partial charge in [0.2, 0.25) is 0 Å². The van der Waals surface area contributed by atoms with Crippen molar-refractivity contribution in [2.24, 2.45) is 0 Å². The first-order valence-electron chi connectivity index (χ1n) is 12.2. The minimum absolute atomic E-state index is 0.190. The zero-order chi connectivity index (χ0) is 26.5. The number of carboxylic acids is 1. The van der Waals surface area contributed by atoms with Crippen LogP contribution in [0.15, 0.2) is 60.7 Å². The van der Waals surface area contributed by atoms with E-state index in [4.69, 9.17) is 16.3 Å². The lowest BCUT2D eigenvalue weighted by molar-refractivity contribution is -0.00397. The summed E-state index contributed by atoms with van der Waals surface area (Å²) in [6.45, 7) is 10.6. The molecule has 2 atom stereocenters. The maximum atomic E-state index is 11.4. The van der Waals surface area contributed by atoms with Gasteiger partial charge in [-0.1, -0.05) is 60.1 Å². The SMILES string of the molecule is Cc1cc(CC(C)(C)NCC(O)COC(C)c2ccccc2-c2ccc(C(=O)O)c(C)c2)ccc1Cl. The standard InChI is InChI=1S/C30H36ClNO4/c1-19-15-23(11-12-25(19)29(34)35)27-9-7-6-8-26(27)21(3)36-18-24(33)17-32-30(4,5)16-22-10-13-28(31)20(2)14-22/h6-15,21,24,32-33H,16-18H2,1-5H3,(H,34,35). The van der Waals surface area contributed by atoms with Crippen LogP contribution in [0.4, 0.5) is 0 Å². The summed E-state index contributed by atoms with van der Waals surface area (Å²) in [5, 5.41) is 24.1. The summed E-state index contributed by atoms with van der Waals surface area (Å²) in [6.07, 6.45) is -0.106. The monoisotopic (exact) mass is 509 g/mol. The second kappa shape index (κ2) is 12.0. The molecule has 0 heterocycles. The van der Waals surface area contributed by atoms with Gasteiger partial charge in [-0.2, -0.15) is 0 Å². The molecule has 3 N–H and O–H groups in total. The zero-order valence-electron chi connectivity index (χ0n) is 21.6. The van der Waals surface area contributed by atoms with Gasteiger partial charge in [-0.25, -0.2) is 4.79 Å². The highest BCUT2D eigenvalue weighted by atomic mass is 35.5. The molecule has 0 saturated heterocycles. The number of benzene rings is 3. The van der Waals surface area contributed by atoms with E-state index in [0.29, 0.717) is 17.7 Å². The average molecular weight is 510 g/mol. The highest BCUT2D eigenvalue weighted by molar-refractivity contribution is 6.31. The minimum atomic E-state index is -0.932. The molecule has 0 aliphatic carbocycles. The smallest absolute Gasteiger partial charge is 0.335 e. The summed E-state index contributed by atoms with van der Waals surface area (Å²) < 4.78 is 6.06. The number of hydrogen-bond donors (Lipinski definition) is 3. The van der Waals surface area contributed by atoms with Crippen LogP contribution < -0.4 is 5.32 Å². The van der Waals surface area contributed by atoms with Crippen LogP contribution in [0, 0.1) is 13.8 Å². The number of aromatic carboxylic acids is 1. The van der Waals surface area contributed by atoms with Gasteiger partial charge in [0, 0.05) is 17.1 Å². The van der Waals surface area contributed by atoms with Crippen molar-refractivity contribution in [1.82, 2.24) is 5.32 Å². The maximum Gasteiger partial charge on any atom is 0.335 e. The summed E-state index contributed by atoms with van der Waals surface area (Å²) in [5.41, 5.74) is 5.95. The lowest BCUT2D eigenvalue weighted by atomic mass is 9.94. The van der Waals surface area contributed by atoms with Gasteiger partial charge in [-0.3, -0.25) is 0 Å². The second-order valence-corrected chi connectivity index (χ2v) is 10.5. The summed E-state index contributed by atoms with van der Waals surface area (Å²) in [7, 11) is 0. The molecule has 3 rings (SSSR count). The molecule has 0 aromatic heterocycles. The molecule has 0 fully saturated rings. The fraction of sp³-hybridized carbons (Fsp3) is 0.367. The summed E-state index contributed by atoms with van der Waals surface area (Å²) >= 11 is 6.14. The Morgan fingerprint density at radius 3 is 2.44 bits per heavy atom. The number of ether oxygens (including phenoxy) is 1. The Morgan fingerprint density at radius 1 is 1.06 bits per heavy atom. The van der Waals surface area contributed by atoms with Crippen molar-refractivity contribution in [3.05, 3.63) is 93.5 Å². The fourth-order valence-electron chi connectivity index (χ4n) is 4.37. The van der Waals surface area contributed by atoms with Gasteiger partial charge in [0.05, 0.1) is 24.4 Å². The van der Waals surface area contributed by atoms with Crippen LogP contribution >= 0.6 is 11.6 Å². The lowest BCUT2D eigenvalue weighted by Gasteiger charge is -2.28. The first-order chi connectivity index (χ1) is 17.0. The largest absolute Gasteiger partial charge is 0.478 e. The third kappa shape index (κ3) is 7.40. The van der Waals surface area contributed by atoms with E-state index in [1.54, 1.807) is 13.0 Å². The van der Waals surface area contributed by atoms with Gasteiger partial charge in [0.25, 0.3) is 0 Å². The summed E-state index contributed by atoms with van der Waals surface area (Å²) in [6, 6.07) is 19.3. The molecule has 5 nitrogen and oxygen atoms in total. The van der Waals surface area contributed by atoms with E-state index >= 15 is 0 Å². The van der Waals surface area contributed by atoms with Crippen molar-refractivity contribution < 1.29 is 19.7 Å². The van der Waals surface area contributed by atoms with Crippen molar-refractivity contribution in [1.29, 1.82) is 0 Å². The highest BCUT2D eigenvalue weighted by Crippen LogP contribution is 2.31. The van der Waals surface area contributed by atoms with E-state index in [1.807, 2.05) is 62.4 Å². The normalized spacial score (nSPS) is 13.4. The van der Waals surface area contributed by atoms with Crippen LogP contribution in [-0.2, 0) is 11.2 Å². The first kappa shape index (κ1) is 27.9. The number of aryl methyl sites for hydroxylation is 2. The topological polar surface area (TPSA) is 78.8 Å². The summed E-state index contributed by atoms with van der Waals surface area (Å²) in [5.74, 6) is -0.932. The van der Waals surface area contributed by atoms with Crippen LogP contribution in [0.2, 0.25) is 5.02 Å². The molecular weight excluding hydrogens is 474 g/mol. The molecule has 6 heteroatoms. The number of hydrogen-bond acceptors (Lipinski definition) is 4. The number of carbonyl (C=O) groups is 1. The van der Waals surface area contributed by atoms with Gasteiger partial charge >= 0.3 is 5.97 Å². The van der Waals surface area contributed by atoms with Crippen LogP contribution in [0.3, 0.4) is 0 Å². The maximum absolute atomic E-state index is 11.4. The molecule has 0 spiro atoms. The van der Waals surface area contributed by atoms with Crippen molar-refractivity contribution in [2.45, 2.75) is 58.8 Å². The molecule has 0 aliphatic rings. The number of rotatable bonds is 11. The van der Waals surface area contributed by atoms with E-state index in [1.165, 1.54) is 5.56 Å². The quantitative estimate of drug-likeness (QED) is 0.280. The summed E-state index contributed by atoms with van der Waals surface area (Å²) in [4.78, 5) is 11.4. The number of nitrogens with one attached hydrogen (secondary N) is 1. The van der Waals surface area contributed by atoms with E-state index in [0.717, 1.165) is 33.7 Å². The Labute approximate surface area is 219 Å². The molecule has 3 aromatic rings. The minimum Gasteiger partial charge on any atom is -0.478 e. The molecule has 0 saturated carbocycles. The lowest BCUT2D eigenvalue weighted by Crippen LogP contribution is -2.46. The molecule has 0 bridgehead atoms. The van der Waals surface area contributed by atoms with Crippen molar-refractivity contribution in [3.63, 3.8) is 0 Å². The Kier molecular flexibility index (Phi) is 9.31. The van der Waals surface area contributed by atoms with E-state index in [9.17, 15) is 15.0 Å². The van der Waals surface area contributed by atoms with E-state index < -0.39 is 12.1 Å². The third-order valence-corrected chi connectivity index (χ3v) is 6.81.